The van der Waals surface area contributed by atoms with E-state index in [1.165, 1.54) is 11.3 Å². The third-order valence-corrected chi connectivity index (χ3v) is 2.08. The van der Waals surface area contributed by atoms with E-state index in [0.717, 1.165) is 19.6 Å². The zero-order valence-corrected chi connectivity index (χ0v) is 8.22. The van der Waals surface area contributed by atoms with Crippen LogP contribution in [0.3, 0.4) is 0 Å². The summed E-state index contributed by atoms with van der Waals surface area (Å²) in [6.07, 6.45) is 5.54. The second-order valence-corrected chi connectivity index (χ2v) is 3.19. The van der Waals surface area contributed by atoms with E-state index in [4.69, 9.17) is 0 Å². The normalized spacial score (nSPS) is 26.2. The maximum absolute atomic E-state index is 3.39. The lowest BCUT2D eigenvalue weighted by Crippen LogP contribution is -2.39. The first-order valence-electron chi connectivity index (χ1n) is 4.56. The van der Waals surface area contributed by atoms with Crippen LogP contribution in [0.25, 0.3) is 0 Å². The van der Waals surface area contributed by atoms with Gasteiger partial charge in [0.25, 0.3) is 0 Å². The topological polar surface area (TPSA) is 15.3 Å². The van der Waals surface area contributed by atoms with Crippen LogP contribution < -0.4 is 5.32 Å². The standard InChI is InChI=1S/C10H18N2/c1-4-6-10-9(5-2)7-12(3)8-11-10/h5-6,11H,4,7-8H2,1-3H3/b9-5-,10-6+. The van der Waals surface area contributed by atoms with Crippen LogP contribution in [0, 0.1) is 0 Å². The second-order valence-electron chi connectivity index (χ2n) is 3.19. The molecule has 0 aliphatic carbocycles. The third-order valence-electron chi connectivity index (χ3n) is 2.08. The van der Waals surface area contributed by atoms with E-state index >= 15 is 0 Å². The molecule has 2 heteroatoms. The van der Waals surface area contributed by atoms with Crippen molar-refractivity contribution in [1.82, 2.24) is 10.2 Å². The highest BCUT2D eigenvalue weighted by atomic mass is 15.2. The minimum Gasteiger partial charge on any atom is -0.372 e. The Morgan fingerprint density at radius 2 is 2.33 bits per heavy atom. The number of hydrogen-bond acceptors (Lipinski definition) is 2. The number of rotatable bonds is 1. The summed E-state index contributed by atoms with van der Waals surface area (Å²) in [6, 6.07) is 0. The number of likely N-dealkylation sites (N-methyl/N-ethyl adjacent to an activating group) is 1. The molecular weight excluding hydrogens is 148 g/mol. The Morgan fingerprint density at radius 1 is 1.58 bits per heavy atom. The van der Waals surface area contributed by atoms with Gasteiger partial charge in [-0.25, -0.2) is 0 Å². The van der Waals surface area contributed by atoms with Crippen molar-refractivity contribution in [1.29, 1.82) is 0 Å². The molecule has 0 unspecified atom stereocenters. The van der Waals surface area contributed by atoms with Gasteiger partial charge in [0.05, 0.1) is 6.67 Å². The summed E-state index contributed by atoms with van der Waals surface area (Å²) in [5.41, 5.74) is 2.73. The largest absolute Gasteiger partial charge is 0.372 e. The predicted octanol–water partition coefficient (Wildman–Crippen LogP) is 1.72. The smallest absolute Gasteiger partial charge is 0.0678 e. The predicted molar refractivity (Wildman–Crippen MR) is 52.8 cm³/mol. The van der Waals surface area contributed by atoms with Gasteiger partial charge in [-0.3, -0.25) is 4.90 Å². The average Bonchev–Trinajstić information content (AvgIpc) is 2.08. The van der Waals surface area contributed by atoms with Gasteiger partial charge >= 0.3 is 0 Å². The van der Waals surface area contributed by atoms with Gasteiger partial charge in [0, 0.05) is 12.2 Å². The van der Waals surface area contributed by atoms with Crippen molar-refractivity contribution in [2.24, 2.45) is 0 Å². The molecule has 0 radical (unpaired) electrons. The molecular formula is C10H18N2. The van der Waals surface area contributed by atoms with Gasteiger partial charge in [0.1, 0.15) is 0 Å². The molecule has 1 fully saturated rings. The second kappa shape index (κ2) is 4.31. The maximum Gasteiger partial charge on any atom is 0.0678 e. The van der Waals surface area contributed by atoms with E-state index in [1.807, 2.05) is 0 Å². The van der Waals surface area contributed by atoms with Crippen LogP contribution in [0.15, 0.2) is 23.4 Å². The maximum atomic E-state index is 3.39. The Bertz CT molecular complexity index is 204. The fourth-order valence-corrected chi connectivity index (χ4v) is 1.42. The monoisotopic (exact) mass is 166 g/mol. The zero-order valence-electron chi connectivity index (χ0n) is 8.22. The molecule has 0 aromatic heterocycles. The molecule has 12 heavy (non-hydrogen) atoms. The van der Waals surface area contributed by atoms with Gasteiger partial charge < -0.3 is 5.32 Å². The molecule has 1 rings (SSSR count). The lowest BCUT2D eigenvalue weighted by atomic mass is 10.1. The van der Waals surface area contributed by atoms with E-state index in [2.05, 4.69) is 43.3 Å². The highest BCUT2D eigenvalue weighted by Gasteiger charge is 2.12. The van der Waals surface area contributed by atoms with E-state index in [-0.39, 0.29) is 0 Å². The van der Waals surface area contributed by atoms with Gasteiger partial charge in [-0.05, 0) is 26.0 Å². The van der Waals surface area contributed by atoms with Crippen LogP contribution in [0.2, 0.25) is 0 Å². The summed E-state index contributed by atoms with van der Waals surface area (Å²) in [5, 5.41) is 3.39. The number of nitrogens with zero attached hydrogens (tertiary/aromatic N) is 1. The summed E-state index contributed by atoms with van der Waals surface area (Å²) in [5.74, 6) is 0. The van der Waals surface area contributed by atoms with Crippen molar-refractivity contribution in [3.05, 3.63) is 23.4 Å². The number of nitrogens with one attached hydrogen (secondary N) is 1. The van der Waals surface area contributed by atoms with Crippen molar-refractivity contribution in [2.75, 3.05) is 20.3 Å². The van der Waals surface area contributed by atoms with Gasteiger partial charge in [-0.2, -0.15) is 0 Å². The van der Waals surface area contributed by atoms with Crippen LogP contribution in [-0.2, 0) is 0 Å². The highest BCUT2D eigenvalue weighted by molar-refractivity contribution is 5.31. The summed E-state index contributed by atoms with van der Waals surface area (Å²) < 4.78 is 0. The molecule has 68 valence electrons. The molecule has 1 N–H and O–H groups in total. The van der Waals surface area contributed by atoms with Crippen molar-refractivity contribution >= 4 is 0 Å². The van der Waals surface area contributed by atoms with Crippen LogP contribution in [0.1, 0.15) is 20.3 Å². The van der Waals surface area contributed by atoms with Gasteiger partial charge in [0.2, 0.25) is 0 Å². The Labute approximate surface area is 74.9 Å². The van der Waals surface area contributed by atoms with Crippen molar-refractivity contribution < 1.29 is 0 Å². The first kappa shape index (κ1) is 9.33. The van der Waals surface area contributed by atoms with Crippen molar-refractivity contribution in [3.8, 4) is 0 Å². The summed E-state index contributed by atoms with van der Waals surface area (Å²) in [6.45, 7) is 6.29. The van der Waals surface area contributed by atoms with Gasteiger partial charge in [-0.15, -0.1) is 0 Å². The Kier molecular flexibility index (Phi) is 3.35. The number of hydrogen-bond donors (Lipinski definition) is 1. The van der Waals surface area contributed by atoms with Gasteiger partial charge in [-0.1, -0.05) is 19.1 Å². The molecule has 0 spiro atoms. The number of allylic oxidation sites excluding steroid dienone is 2. The van der Waals surface area contributed by atoms with Crippen molar-refractivity contribution in [3.63, 3.8) is 0 Å². The molecule has 0 amide bonds. The zero-order chi connectivity index (χ0) is 8.97. The molecule has 1 aliphatic heterocycles. The molecule has 0 saturated carbocycles. The molecule has 0 atom stereocenters. The first-order chi connectivity index (χ1) is 5.77. The molecule has 0 aromatic carbocycles. The minimum absolute atomic E-state index is 0.961. The molecule has 0 aromatic rings. The Morgan fingerprint density at radius 3 is 2.92 bits per heavy atom. The van der Waals surface area contributed by atoms with Crippen LogP contribution in [0.5, 0.6) is 0 Å². The highest BCUT2D eigenvalue weighted by Crippen LogP contribution is 2.13. The van der Waals surface area contributed by atoms with Crippen LogP contribution >= 0.6 is 0 Å². The first-order valence-corrected chi connectivity index (χ1v) is 4.56. The van der Waals surface area contributed by atoms with Crippen LogP contribution in [0.4, 0.5) is 0 Å². The van der Waals surface area contributed by atoms with E-state index in [0.29, 0.717) is 0 Å². The summed E-state index contributed by atoms with van der Waals surface area (Å²) in [4.78, 5) is 2.27. The van der Waals surface area contributed by atoms with Crippen molar-refractivity contribution in [2.45, 2.75) is 20.3 Å². The summed E-state index contributed by atoms with van der Waals surface area (Å²) in [7, 11) is 2.12. The molecule has 2 nitrogen and oxygen atoms in total. The molecule has 1 saturated heterocycles. The van der Waals surface area contributed by atoms with E-state index in [1.54, 1.807) is 0 Å². The lowest BCUT2D eigenvalue weighted by molar-refractivity contribution is 0.322. The molecule has 0 bridgehead atoms. The fraction of sp³-hybridized carbons (Fsp3) is 0.600. The van der Waals surface area contributed by atoms with Crippen LogP contribution in [-0.4, -0.2) is 25.2 Å². The Hall–Kier alpha value is -0.760. The lowest BCUT2D eigenvalue weighted by Gasteiger charge is -2.28. The molecule has 1 aliphatic rings. The van der Waals surface area contributed by atoms with Gasteiger partial charge in [0.15, 0.2) is 0 Å². The third kappa shape index (κ3) is 2.11. The quantitative estimate of drug-likeness (QED) is 0.638. The minimum atomic E-state index is 0.961. The fourth-order valence-electron chi connectivity index (χ4n) is 1.42. The van der Waals surface area contributed by atoms with E-state index < -0.39 is 0 Å². The summed E-state index contributed by atoms with van der Waals surface area (Å²) >= 11 is 0. The average molecular weight is 166 g/mol. The SMILES string of the molecule is C/C=C1/CN(C)CN/C1=C/CC. The molecule has 1 heterocycles. The van der Waals surface area contributed by atoms with E-state index in [9.17, 15) is 0 Å². The Balaban J connectivity index is 2.70.